The van der Waals surface area contributed by atoms with Gasteiger partial charge in [-0.05, 0) is 31.9 Å². The summed E-state index contributed by atoms with van der Waals surface area (Å²) in [6.07, 6.45) is 1.27. The molecule has 0 spiro atoms. The van der Waals surface area contributed by atoms with Crippen molar-refractivity contribution in [1.29, 1.82) is 0 Å². The maximum absolute atomic E-state index is 12.5. The smallest absolute Gasteiger partial charge is 0.326 e. The second kappa shape index (κ2) is 8.98. The molecule has 28 heavy (non-hydrogen) atoms. The van der Waals surface area contributed by atoms with Gasteiger partial charge in [0.1, 0.15) is 17.4 Å². The van der Waals surface area contributed by atoms with Crippen molar-refractivity contribution < 1.29 is 29.4 Å². The lowest BCUT2D eigenvalue weighted by Gasteiger charge is -2.12. The number of aromatic nitrogens is 2. The monoisotopic (exact) mass is 390 g/mol. The Bertz CT molecular complexity index is 920. The number of nitrogens with zero attached hydrogens (tertiary/aromatic N) is 2. The van der Waals surface area contributed by atoms with Crippen LogP contribution in [-0.4, -0.2) is 55.9 Å². The van der Waals surface area contributed by atoms with Crippen LogP contribution in [0.25, 0.3) is 5.65 Å². The molecular weight excluding hydrogens is 368 g/mol. The van der Waals surface area contributed by atoms with Crippen molar-refractivity contribution in [2.75, 3.05) is 6.54 Å². The molecule has 10 nitrogen and oxygen atoms in total. The van der Waals surface area contributed by atoms with Crippen molar-refractivity contribution in [1.82, 2.24) is 20.0 Å². The predicted octanol–water partition coefficient (Wildman–Crippen LogP) is 0.505. The van der Waals surface area contributed by atoms with E-state index in [4.69, 9.17) is 10.2 Å². The van der Waals surface area contributed by atoms with Crippen LogP contribution in [0.3, 0.4) is 0 Å². The minimum Gasteiger partial charge on any atom is -0.481 e. The van der Waals surface area contributed by atoms with E-state index in [2.05, 4.69) is 15.6 Å². The highest BCUT2D eigenvalue weighted by Crippen LogP contribution is 2.15. The van der Waals surface area contributed by atoms with Crippen LogP contribution in [0, 0.1) is 13.8 Å². The molecular formula is C18H22N4O6. The number of carboxylic acid groups (broad SMARTS) is 2. The van der Waals surface area contributed by atoms with Crippen LogP contribution in [0.2, 0.25) is 0 Å². The molecule has 0 aromatic carbocycles. The average Bonchev–Trinajstić information content (AvgIpc) is 2.95. The lowest BCUT2D eigenvalue weighted by Crippen LogP contribution is -2.42. The molecule has 0 radical (unpaired) electrons. The minimum absolute atomic E-state index is 0.0467. The van der Waals surface area contributed by atoms with Crippen LogP contribution in [0.4, 0.5) is 0 Å². The van der Waals surface area contributed by atoms with E-state index in [1.165, 1.54) is 0 Å². The molecule has 0 bridgehead atoms. The number of carbonyl (C=O) groups is 4. The van der Waals surface area contributed by atoms with Gasteiger partial charge in [0, 0.05) is 19.2 Å². The molecule has 2 aromatic rings. The molecule has 2 aromatic heterocycles. The van der Waals surface area contributed by atoms with Gasteiger partial charge in [0.05, 0.1) is 12.1 Å². The number of nitrogens with one attached hydrogen (secondary N) is 2. The first-order valence-corrected chi connectivity index (χ1v) is 8.67. The molecule has 1 atom stereocenters. The van der Waals surface area contributed by atoms with Crippen LogP contribution in [0.5, 0.6) is 0 Å². The van der Waals surface area contributed by atoms with Gasteiger partial charge in [-0.2, -0.15) is 0 Å². The van der Waals surface area contributed by atoms with Crippen molar-refractivity contribution in [3.63, 3.8) is 0 Å². The van der Waals surface area contributed by atoms with Gasteiger partial charge in [-0.25, -0.2) is 9.78 Å². The molecule has 10 heteroatoms. The zero-order chi connectivity index (χ0) is 20.8. The zero-order valence-corrected chi connectivity index (χ0v) is 15.6. The van der Waals surface area contributed by atoms with Crippen LogP contribution in [0.1, 0.15) is 41.0 Å². The zero-order valence-electron chi connectivity index (χ0n) is 15.6. The highest BCUT2D eigenvalue weighted by molar-refractivity contribution is 5.94. The van der Waals surface area contributed by atoms with E-state index in [9.17, 15) is 19.2 Å². The van der Waals surface area contributed by atoms with Gasteiger partial charge in [-0.15, -0.1) is 0 Å². The number of fused-ring (bicyclic) bond motifs is 1. The predicted molar refractivity (Wildman–Crippen MR) is 98.1 cm³/mol. The third kappa shape index (κ3) is 5.06. The number of carboxylic acids is 2. The van der Waals surface area contributed by atoms with E-state index in [1.807, 2.05) is 19.1 Å². The second-order valence-electron chi connectivity index (χ2n) is 6.35. The fourth-order valence-corrected chi connectivity index (χ4v) is 2.77. The SMILES string of the molecule is Cc1nc2c(C)cccn2c1C(=O)NCCCC(=O)NC(CC(=O)O)C(=O)O. The van der Waals surface area contributed by atoms with Crippen molar-refractivity contribution in [2.24, 2.45) is 0 Å². The number of aliphatic carboxylic acids is 2. The van der Waals surface area contributed by atoms with Gasteiger partial charge in [0.25, 0.3) is 5.91 Å². The number of aryl methyl sites for hydroxylation is 2. The number of imidazole rings is 1. The molecule has 2 heterocycles. The summed E-state index contributed by atoms with van der Waals surface area (Å²) < 4.78 is 1.70. The number of pyridine rings is 1. The third-order valence-electron chi connectivity index (χ3n) is 4.11. The van der Waals surface area contributed by atoms with Gasteiger partial charge in [-0.3, -0.25) is 18.8 Å². The van der Waals surface area contributed by atoms with E-state index in [0.717, 1.165) is 5.56 Å². The Morgan fingerprint density at radius 1 is 1.21 bits per heavy atom. The number of carbonyl (C=O) groups excluding carboxylic acids is 2. The van der Waals surface area contributed by atoms with Gasteiger partial charge in [0.2, 0.25) is 5.91 Å². The van der Waals surface area contributed by atoms with Crippen LogP contribution in [0.15, 0.2) is 18.3 Å². The van der Waals surface area contributed by atoms with Crippen molar-refractivity contribution in [3.05, 3.63) is 35.3 Å². The first-order valence-electron chi connectivity index (χ1n) is 8.67. The largest absolute Gasteiger partial charge is 0.481 e. The lowest BCUT2D eigenvalue weighted by molar-refractivity contribution is -0.147. The van der Waals surface area contributed by atoms with Gasteiger partial charge in [0.15, 0.2) is 0 Å². The minimum atomic E-state index is -1.48. The molecule has 0 fully saturated rings. The molecule has 0 aliphatic rings. The summed E-state index contributed by atoms with van der Waals surface area (Å²) in [6, 6.07) is 2.24. The fraction of sp³-hybridized carbons (Fsp3) is 0.389. The summed E-state index contributed by atoms with van der Waals surface area (Å²) in [5.74, 6) is -3.66. The number of rotatable bonds is 9. The summed E-state index contributed by atoms with van der Waals surface area (Å²) in [4.78, 5) is 50.2. The number of amides is 2. The Labute approximate surface area is 160 Å². The summed E-state index contributed by atoms with van der Waals surface area (Å²) in [7, 11) is 0. The fourth-order valence-electron chi connectivity index (χ4n) is 2.77. The standard InChI is InChI=1S/C18H22N4O6/c1-10-5-4-8-22-15(11(2)20-16(10)22)17(26)19-7-3-6-13(23)21-12(18(27)28)9-14(24)25/h4-5,8,12H,3,6-7,9H2,1-2H3,(H,19,26)(H,21,23)(H,24,25)(H,27,28). The average molecular weight is 390 g/mol. The molecule has 2 amide bonds. The molecule has 0 aliphatic heterocycles. The lowest BCUT2D eigenvalue weighted by atomic mass is 10.2. The van der Waals surface area contributed by atoms with Crippen LogP contribution in [-0.2, 0) is 14.4 Å². The van der Waals surface area contributed by atoms with E-state index in [1.54, 1.807) is 17.5 Å². The van der Waals surface area contributed by atoms with Gasteiger partial charge >= 0.3 is 11.9 Å². The van der Waals surface area contributed by atoms with Gasteiger partial charge in [-0.1, -0.05) is 6.07 Å². The Morgan fingerprint density at radius 2 is 1.93 bits per heavy atom. The van der Waals surface area contributed by atoms with Crippen LogP contribution < -0.4 is 10.6 Å². The second-order valence-corrected chi connectivity index (χ2v) is 6.35. The maximum Gasteiger partial charge on any atom is 0.326 e. The molecule has 4 N–H and O–H groups in total. The molecule has 2 rings (SSSR count). The normalized spacial score (nSPS) is 11.8. The molecule has 150 valence electrons. The van der Waals surface area contributed by atoms with Crippen molar-refractivity contribution in [2.45, 2.75) is 39.2 Å². The first kappa shape index (κ1) is 20.9. The van der Waals surface area contributed by atoms with E-state index in [-0.39, 0.29) is 25.3 Å². The molecule has 1 unspecified atom stereocenters. The Hall–Kier alpha value is -3.43. The van der Waals surface area contributed by atoms with Gasteiger partial charge < -0.3 is 20.8 Å². The molecule has 0 aliphatic carbocycles. The van der Waals surface area contributed by atoms with E-state index < -0.39 is 30.3 Å². The summed E-state index contributed by atoms with van der Waals surface area (Å²) in [6.45, 7) is 3.83. The Morgan fingerprint density at radius 3 is 2.57 bits per heavy atom. The highest BCUT2D eigenvalue weighted by atomic mass is 16.4. The molecule has 0 saturated heterocycles. The molecule has 0 saturated carbocycles. The third-order valence-corrected chi connectivity index (χ3v) is 4.11. The first-order chi connectivity index (χ1) is 13.2. The van der Waals surface area contributed by atoms with Crippen molar-refractivity contribution in [3.8, 4) is 0 Å². The summed E-state index contributed by atoms with van der Waals surface area (Å²) in [5.41, 5.74) is 2.64. The van der Waals surface area contributed by atoms with E-state index >= 15 is 0 Å². The summed E-state index contributed by atoms with van der Waals surface area (Å²) in [5, 5.41) is 22.4. The maximum atomic E-state index is 12.5. The van der Waals surface area contributed by atoms with E-state index in [0.29, 0.717) is 17.0 Å². The Kier molecular flexibility index (Phi) is 6.69. The topological polar surface area (TPSA) is 150 Å². The quantitative estimate of drug-likeness (QED) is 0.455. The summed E-state index contributed by atoms with van der Waals surface area (Å²) >= 11 is 0. The number of hydrogen-bond acceptors (Lipinski definition) is 5. The Balaban J connectivity index is 1.87. The number of hydrogen-bond donors (Lipinski definition) is 4. The highest BCUT2D eigenvalue weighted by Gasteiger charge is 2.23. The van der Waals surface area contributed by atoms with Crippen LogP contribution >= 0.6 is 0 Å². The van der Waals surface area contributed by atoms with Crippen molar-refractivity contribution >= 4 is 29.4 Å².